The molecule has 1 N–H and O–H groups in total. The maximum absolute atomic E-state index is 11.9. The first-order valence-electron chi connectivity index (χ1n) is 5.83. The molecule has 1 rings (SSSR count). The summed E-state index contributed by atoms with van der Waals surface area (Å²) in [6.45, 7) is 4.45. The first kappa shape index (κ1) is 15.8. The SMILES string of the molecule is COc1cc(C(=O)NOCC(C)C)cc(OC)c1Br. The van der Waals surface area contributed by atoms with E-state index in [1.165, 1.54) is 14.2 Å². The number of hydroxylamine groups is 1. The standard InChI is InChI=1S/C13H18BrNO4/c1-8(2)7-19-15-13(16)9-5-10(17-3)12(14)11(6-9)18-4/h5-6,8H,7H2,1-4H3,(H,15,16). The Morgan fingerprint density at radius 2 is 1.79 bits per heavy atom. The molecule has 0 heterocycles. The van der Waals surface area contributed by atoms with Crippen molar-refractivity contribution in [3.05, 3.63) is 22.2 Å². The van der Waals surface area contributed by atoms with E-state index in [2.05, 4.69) is 21.4 Å². The molecule has 0 bridgehead atoms. The maximum atomic E-state index is 11.9. The topological polar surface area (TPSA) is 56.8 Å². The van der Waals surface area contributed by atoms with Crippen LogP contribution in [0.4, 0.5) is 0 Å². The van der Waals surface area contributed by atoms with Crippen molar-refractivity contribution in [2.24, 2.45) is 5.92 Å². The van der Waals surface area contributed by atoms with Crippen LogP contribution in [0.2, 0.25) is 0 Å². The molecular weight excluding hydrogens is 314 g/mol. The lowest BCUT2D eigenvalue weighted by Crippen LogP contribution is -2.25. The van der Waals surface area contributed by atoms with E-state index in [1.807, 2.05) is 13.8 Å². The molecule has 1 aromatic rings. The van der Waals surface area contributed by atoms with Gasteiger partial charge in [0.05, 0.1) is 20.8 Å². The summed E-state index contributed by atoms with van der Waals surface area (Å²) in [4.78, 5) is 17.0. The lowest BCUT2D eigenvalue weighted by molar-refractivity contribution is 0.0208. The predicted octanol–water partition coefficient (Wildman–Crippen LogP) is 2.78. The molecule has 0 radical (unpaired) electrons. The summed E-state index contributed by atoms with van der Waals surface area (Å²) in [5.74, 6) is 1.04. The van der Waals surface area contributed by atoms with Crippen molar-refractivity contribution < 1.29 is 19.1 Å². The third-order valence-corrected chi connectivity index (χ3v) is 3.07. The highest BCUT2D eigenvalue weighted by atomic mass is 79.9. The number of carbonyl (C=O) groups excluding carboxylic acids is 1. The number of benzene rings is 1. The summed E-state index contributed by atoms with van der Waals surface area (Å²) in [7, 11) is 3.05. The van der Waals surface area contributed by atoms with Crippen LogP contribution >= 0.6 is 15.9 Å². The molecule has 0 atom stereocenters. The summed E-state index contributed by atoms with van der Waals surface area (Å²) in [5.41, 5.74) is 2.79. The second-order valence-electron chi connectivity index (χ2n) is 4.33. The van der Waals surface area contributed by atoms with Gasteiger partial charge < -0.3 is 9.47 Å². The monoisotopic (exact) mass is 331 g/mol. The largest absolute Gasteiger partial charge is 0.495 e. The molecule has 0 aliphatic rings. The minimum absolute atomic E-state index is 0.342. The van der Waals surface area contributed by atoms with E-state index in [4.69, 9.17) is 14.3 Å². The Morgan fingerprint density at radius 1 is 1.26 bits per heavy atom. The van der Waals surface area contributed by atoms with Crippen LogP contribution in [0.25, 0.3) is 0 Å². The molecule has 19 heavy (non-hydrogen) atoms. The van der Waals surface area contributed by atoms with Gasteiger partial charge >= 0.3 is 0 Å². The lowest BCUT2D eigenvalue weighted by Gasteiger charge is -2.12. The van der Waals surface area contributed by atoms with E-state index >= 15 is 0 Å². The zero-order chi connectivity index (χ0) is 14.4. The molecule has 0 saturated carbocycles. The Bertz CT molecular complexity index is 423. The van der Waals surface area contributed by atoms with Gasteiger partial charge in [-0.3, -0.25) is 9.63 Å². The second kappa shape index (κ2) is 7.35. The van der Waals surface area contributed by atoms with Crippen molar-refractivity contribution in [3.8, 4) is 11.5 Å². The van der Waals surface area contributed by atoms with Crippen molar-refractivity contribution in [2.45, 2.75) is 13.8 Å². The van der Waals surface area contributed by atoms with Crippen molar-refractivity contribution in [1.29, 1.82) is 0 Å². The molecular formula is C13H18BrNO4. The van der Waals surface area contributed by atoms with Crippen LogP contribution in [-0.4, -0.2) is 26.7 Å². The average molecular weight is 332 g/mol. The van der Waals surface area contributed by atoms with Crippen LogP contribution in [0.1, 0.15) is 24.2 Å². The minimum Gasteiger partial charge on any atom is -0.495 e. The predicted molar refractivity (Wildman–Crippen MR) is 75.5 cm³/mol. The fraction of sp³-hybridized carbons (Fsp3) is 0.462. The smallest absolute Gasteiger partial charge is 0.275 e. The van der Waals surface area contributed by atoms with E-state index in [-0.39, 0.29) is 5.91 Å². The third kappa shape index (κ3) is 4.40. The van der Waals surface area contributed by atoms with Crippen LogP contribution in [0.5, 0.6) is 11.5 Å². The molecule has 0 unspecified atom stereocenters. The minimum atomic E-state index is -0.343. The van der Waals surface area contributed by atoms with Gasteiger partial charge in [-0.15, -0.1) is 0 Å². The number of methoxy groups -OCH3 is 2. The first-order valence-corrected chi connectivity index (χ1v) is 6.62. The highest BCUT2D eigenvalue weighted by Gasteiger charge is 2.14. The van der Waals surface area contributed by atoms with Crippen molar-refractivity contribution in [2.75, 3.05) is 20.8 Å². The number of nitrogens with one attached hydrogen (secondary N) is 1. The Kier molecular flexibility index (Phi) is 6.11. The molecule has 106 valence electrons. The molecule has 0 aromatic heterocycles. The number of hydrogen-bond donors (Lipinski definition) is 1. The fourth-order valence-electron chi connectivity index (χ4n) is 1.33. The van der Waals surface area contributed by atoms with Gasteiger partial charge in [-0.2, -0.15) is 0 Å². The number of carbonyl (C=O) groups is 1. The normalized spacial score (nSPS) is 10.4. The van der Waals surface area contributed by atoms with Crippen LogP contribution in [-0.2, 0) is 4.84 Å². The van der Waals surface area contributed by atoms with E-state index in [1.54, 1.807) is 12.1 Å². The molecule has 5 nitrogen and oxygen atoms in total. The van der Waals surface area contributed by atoms with Gasteiger partial charge in [0.2, 0.25) is 0 Å². The number of ether oxygens (including phenoxy) is 2. The Balaban J connectivity index is 2.85. The van der Waals surface area contributed by atoms with Gasteiger partial charge in [0, 0.05) is 5.56 Å². The highest BCUT2D eigenvalue weighted by Crippen LogP contribution is 2.35. The molecule has 0 aliphatic heterocycles. The fourth-order valence-corrected chi connectivity index (χ4v) is 1.89. The molecule has 1 amide bonds. The highest BCUT2D eigenvalue weighted by molar-refractivity contribution is 9.10. The molecule has 0 aliphatic carbocycles. The number of rotatable bonds is 6. The van der Waals surface area contributed by atoms with Gasteiger partial charge in [-0.25, -0.2) is 5.48 Å². The van der Waals surface area contributed by atoms with Gasteiger partial charge in [-0.1, -0.05) is 13.8 Å². The van der Waals surface area contributed by atoms with Gasteiger partial charge in [-0.05, 0) is 34.0 Å². The summed E-state index contributed by atoms with van der Waals surface area (Å²) in [6, 6.07) is 3.22. The van der Waals surface area contributed by atoms with Crippen LogP contribution < -0.4 is 15.0 Å². The zero-order valence-electron chi connectivity index (χ0n) is 11.5. The van der Waals surface area contributed by atoms with Crippen molar-refractivity contribution >= 4 is 21.8 Å². The summed E-state index contributed by atoms with van der Waals surface area (Å²) in [6.07, 6.45) is 0. The Labute approximate surface area is 121 Å². The van der Waals surface area contributed by atoms with E-state index in [0.29, 0.717) is 34.1 Å². The molecule has 0 saturated heterocycles. The number of hydrogen-bond acceptors (Lipinski definition) is 4. The number of halogens is 1. The second-order valence-corrected chi connectivity index (χ2v) is 5.12. The van der Waals surface area contributed by atoms with Crippen LogP contribution in [0, 0.1) is 5.92 Å². The molecule has 1 aromatic carbocycles. The molecule has 0 spiro atoms. The quantitative estimate of drug-likeness (QED) is 0.814. The van der Waals surface area contributed by atoms with E-state index in [0.717, 1.165) is 0 Å². The number of amides is 1. The van der Waals surface area contributed by atoms with E-state index in [9.17, 15) is 4.79 Å². The summed E-state index contributed by atoms with van der Waals surface area (Å²) >= 11 is 3.34. The summed E-state index contributed by atoms with van der Waals surface area (Å²) in [5, 5.41) is 0. The average Bonchev–Trinajstić information content (AvgIpc) is 2.38. The zero-order valence-corrected chi connectivity index (χ0v) is 13.0. The van der Waals surface area contributed by atoms with Crippen molar-refractivity contribution in [3.63, 3.8) is 0 Å². The maximum Gasteiger partial charge on any atom is 0.275 e. The Hall–Kier alpha value is -1.27. The Morgan fingerprint density at radius 3 is 2.21 bits per heavy atom. The van der Waals surface area contributed by atoms with Crippen molar-refractivity contribution in [1.82, 2.24) is 5.48 Å². The van der Waals surface area contributed by atoms with Gasteiger partial charge in [0.15, 0.2) is 0 Å². The lowest BCUT2D eigenvalue weighted by atomic mass is 10.2. The first-order chi connectivity index (χ1) is 8.99. The molecule has 6 heteroatoms. The molecule has 0 fully saturated rings. The van der Waals surface area contributed by atoms with Crippen LogP contribution in [0.15, 0.2) is 16.6 Å². The third-order valence-electron chi connectivity index (χ3n) is 2.29. The van der Waals surface area contributed by atoms with Crippen LogP contribution in [0.3, 0.4) is 0 Å². The summed E-state index contributed by atoms with van der Waals surface area (Å²) < 4.78 is 11.0. The van der Waals surface area contributed by atoms with Gasteiger partial charge in [0.25, 0.3) is 5.91 Å². The van der Waals surface area contributed by atoms with Gasteiger partial charge in [0.1, 0.15) is 16.0 Å². The van der Waals surface area contributed by atoms with E-state index < -0.39 is 0 Å².